The molecule has 0 bridgehead atoms. The van der Waals surface area contributed by atoms with E-state index in [0.29, 0.717) is 30.0 Å². The van der Waals surface area contributed by atoms with Crippen LogP contribution in [0, 0.1) is 0 Å². The number of nitrogens with one attached hydrogen (secondary N) is 2. The summed E-state index contributed by atoms with van der Waals surface area (Å²) in [5, 5.41) is 5.54. The summed E-state index contributed by atoms with van der Waals surface area (Å²) in [5.74, 6) is 0.830. The van der Waals surface area contributed by atoms with Gasteiger partial charge in [0.2, 0.25) is 0 Å². The van der Waals surface area contributed by atoms with Crippen LogP contribution in [-0.2, 0) is 0 Å². The van der Waals surface area contributed by atoms with E-state index in [-0.39, 0.29) is 11.9 Å². The highest BCUT2D eigenvalue weighted by Crippen LogP contribution is 2.28. The molecule has 164 valence electrons. The normalized spacial score (nSPS) is 13.4. The summed E-state index contributed by atoms with van der Waals surface area (Å²) in [6, 6.07) is 23.8. The molecular weight excluding hydrogens is 404 g/mol. The maximum absolute atomic E-state index is 12.9. The fraction of sp³-hybridized carbons (Fsp3) is 0.200. The predicted octanol–water partition coefficient (Wildman–Crippen LogP) is 4.30. The van der Waals surface area contributed by atoms with Crippen LogP contribution in [0.5, 0.6) is 5.75 Å². The molecule has 7 nitrogen and oxygen atoms in total. The molecule has 0 atom stereocenters. The first-order valence-electron chi connectivity index (χ1n) is 10.5. The topological polar surface area (TPSA) is 73.9 Å². The Morgan fingerprint density at radius 3 is 2.00 bits per heavy atom. The molecule has 0 saturated carbocycles. The van der Waals surface area contributed by atoms with Gasteiger partial charge in [0.15, 0.2) is 0 Å². The van der Waals surface area contributed by atoms with E-state index in [0.717, 1.165) is 24.5 Å². The van der Waals surface area contributed by atoms with Crippen LogP contribution in [0.4, 0.5) is 21.9 Å². The van der Waals surface area contributed by atoms with Gasteiger partial charge in [-0.15, -0.1) is 0 Å². The lowest BCUT2D eigenvalue weighted by Gasteiger charge is -2.36. The number of hydrogen-bond acceptors (Lipinski definition) is 4. The number of para-hydroxylation sites is 3. The molecule has 0 aliphatic carbocycles. The van der Waals surface area contributed by atoms with E-state index in [4.69, 9.17) is 4.74 Å². The third-order valence-electron chi connectivity index (χ3n) is 5.41. The Morgan fingerprint density at radius 2 is 1.34 bits per heavy atom. The van der Waals surface area contributed by atoms with Crippen LogP contribution >= 0.6 is 0 Å². The smallest absolute Gasteiger partial charge is 0.323 e. The molecule has 7 heteroatoms. The van der Waals surface area contributed by atoms with Crippen LogP contribution in [0.1, 0.15) is 10.4 Å². The van der Waals surface area contributed by atoms with Crippen LogP contribution < -0.4 is 20.3 Å². The summed E-state index contributed by atoms with van der Waals surface area (Å²) < 4.78 is 5.46. The maximum atomic E-state index is 12.9. The van der Waals surface area contributed by atoms with Crippen LogP contribution in [0.25, 0.3) is 0 Å². The van der Waals surface area contributed by atoms with Gasteiger partial charge in [0.05, 0.1) is 12.8 Å². The largest absolute Gasteiger partial charge is 0.495 e. The quantitative estimate of drug-likeness (QED) is 0.633. The minimum Gasteiger partial charge on any atom is -0.495 e. The van der Waals surface area contributed by atoms with Gasteiger partial charge >= 0.3 is 6.03 Å². The molecule has 4 rings (SSSR count). The van der Waals surface area contributed by atoms with Gasteiger partial charge in [-0.1, -0.05) is 30.3 Å². The van der Waals surface area contributed by atoms with Crippen molar-refractivity contribution in [2.24, 2.45) is 0 Å². The second kappa shape index (κ2) is 9.87. The van der Waals surface area contributed by atoms with Crippen LogP contribution in [0.2, 0.25) is 0 Å². The van der Waals surface area contributed by atoms with Crippen molar-refractivity contribution in [2.75, 3.05) is 48.8 Å². The molecule has 0 spiro atoms. The lowest BCUT2D eigenvalue weighted by molar-refractivity contribution is 0.0746. The van der Waals surface area contributed by atoms with E-state index >= 15 is 0 Å². The Labute approximate surface area is 187 Å². The fourth-order valence-corrected chi connectivity index (χ4v) is 3.74. The van der Waals surface area contributed by atoms with Gasteiger partial charge in [0.25, 0.3) is 5.91 Å². The summed E-state index contributed by atoms with van der Waals surface area (Å²) in [7, 11) is 1.67. The van der Waals surface area contributed by atoms with Gasteiger partial charge in [0, 0.05) is 43.1 Å². The van der Waals surface area contributed by atoms with E-state index < -0.39 is 0 Å². The minimum absolute atomic E-state index is 0.00929. The molecule has 1 aliphatic rings. The maximum Gasteiger partial charge on any atom is 0.323 e. The number of carbonyl (C=O) groups excluding carboxylic acids is 2. The predicted molar refractivity (Wildman–Crippen MR) is 127 cm³/mol. The second-order valence-electron chi connectivity index (χ2n) is 7.47. The Bertz CT molecular complexity index is 1060. The molecule has 3 aromatic carbocycles. The molecular formula is C25H26N4O3. The van der Waals surface area contributed by atoms with Gasteiger partial charge in [0.1, 0.15) is 5.75 Å². The number of ether oxygens (including phenoxy) is 1. The summed E-state index contributed by atoms with van der Waals surface area (Å²) >= 11 is 0. The molecule has 0 aromatic heterocycles. The average Bonchev–Trinajstić information content (AvgIpc) is 2.85. The monoisotopic (exact) mass is 430 g/mol. The summed E-state index contributed by atoms with van der Waals surface area (Å²) in [6.45, 7) is 2.75. The van der Waals surface area contributed by atoms with Gasteiger partial charge in [-0.2, -0.15) is 0 Å². The Balaban J connectivity index is 1.32. The average molecular weight is 431 g/mol. The molecule has 2 N–H and O–H groups in total. The third-order valence-corrected chi connectivity index (χ3v) is 5.41. The summed E-state index contributed by atoms with van der Waals surface area (Å²) in [4.78, 5) is 29.1. The summed E-state index contributed by atoms with van der Waals surface area (Å²) in [6.07, 6.45) is 0. The second-order valence-corrected chi connectivity index (χ2v) is 7.47. The van der Waals surface area contributed by atoms with Crippen molar-refractivity contribution >= 4 is 29.0 Å². The van der Waals surface area contributed by atoms with Gasteiger partial charge in [-0.05, 0) is 48.5 Å². The first kappa shape index (κ1) is 21.2. The van der Waals surface area contributed by atoms with E-state index in [9.17, 15) is 9.59 Å². The van der Waals surface area contributed by atoms with Crippen molar-refractivity contribution in [3.05, 3.63) is 84.4 Å². The molecule has 3 amide bonds. The van der Waals surface area contributed by atoms with E-state index in [2.05, 4.69) is 15.5 Å². The summed E-state index contributed by atoms with van der Waals surface area (Å²) in [5.41, 5.74) is 2.98. The number of piperazine rings is 1. The van der Waals surface area contributed by atoms with E-state index in [1.807, 2.05) is 59.5 Å². The molecule has 1 aliphatic heterocycles. The minimum atomic E-state index is -0.331. The van der Waals surface area contributed by atoms with Crippen LogP contribution in [0.3, 0.4) is 0 Å². The zero-order chi connectivity index (χ0) is 22.3. The third kappa shape index (κ3) is 5.00. The molecule has 32 heavy (non-hydrogen) atoms. The molecule has 0 unspecified atom stereocenters. The van der Waals surface area contributed by atoms with Crippen LogP contribution in [-0.4, -0.2) is 50.1 Å². The standard InChI is InChI=1S/C25H26N4O3/c1-32-23-10-6-5-9-22(23)28-15-17-29(18-16-28)24(30)19-11-13-21(14-12-19)27-25(31)26-20-7-3-2-4-8-20/h2-14H,15-18H2,1H3,(H2,26,27,31). The fourth-order valence-electron chi connectivity index (χ4n) is 3.74. The number of hydrogen-bond donors (Lipinski definition) is 2. The highest BCUT2D eigenvalue weighted by atomic mass is 16.5. The van der Waals surface area contributed by atoms with Crippen molar-refractivity contribution in [3.8, 4) is 5.75 Å². The Morgan fingerprint density at radius 1 is 0.750 bits per heavy atom. The number of carbonyl (C=O) groups is 2. The Hall–Kier alpha value is -4.00. The molecule has 1 saturated heterocycles. The van der Waals surface area contributed by atoms with Crippen LogP contribution in [0.15, 0.2) is 78.9 Å². The lowest BCUT2D eigenvalue weighted by Crippen LogP contribution is -2.48. The van der Waals surface area contributed by atoms with Gasteiger partial charge in [-0.3, -0.25) is 4.79 Å². The molecule has 0 radical (unpaired) electrons. The van der Waals surface area contributed by atoms with Crippen molar-refractivity contribution in [1.29, 1.82) is 0 Å². The Kier molecular flexibility index (Phi) is 6.55. The number of benzene rings is 3. The highest BCUT2D eigenvalue weighted by molar-refractivity contribution is 6.00. The SMILES string of the molecule is COc1ccccc1N1CCN(C(=O)c2ccc(NC(=O)Nc3ccccc3)cc2)CC1. The number of nitrogens with zero attached hydrogens (tertiary/aromatic N) is 2. The number of urea groups is 1. The first-order valence-corrected chi connectivity index (χ1v) is 10.5. The molecule has 3 aromatic rings. The molecule has 1 fully saturated rings. The number of amides is 3. The number of anilines is 3. The van der Waals surface area contributed by atoms with Crippen molar-refractivity contribution in [3.63, 3.8) is 0 Å². The van der Waals surface area contributed by atoms with Gasteiger partial charge in [-0.25, -0.2) is 4.79 Å². The number of rotatable bonds is 5. The number of methoxy groups -OCH3 is 1. The van der Waals surface area contributed by atoms with Gasteiger partial charge < -0.3 is 25.2 Å². The van der Waals surface area contributed by atoms with Crippen molar-refractivity contribution in [1.82, 2.24) is 4.90 Å². The zero-order valence-electron chi connectivity index (χ0n) is 18.0. The first-order chi connectivity index (χ1) is 15.6. The lowest BCUT2D eigenvalue weighted by atomic mass is 10.1. The van der Waals surface area contributed by atoms with E-state index in [1.165, 1.54) is 0 Å². The zero-order valence-corrected chi connectivity index (χ0v) is 18.0. The van der Waals surface area contributed by atoms with Crippen molar-refractivity contribution < 1.29 is 14.3 Å². The van der Waals surface area contributed by atoms with E-state index in [1.54, 1.807) is 31.4 Å². The van der Waals surface area contributed by atoms with Crippen molar-refractivity contribution in [2.45, 2.75) is 0 Å². The molecule has 1 heterocycles. The highest BCUT2D eigenvalue weighted by Gasteiger charge is 2.23.